The average molecular weight is 527 g/mol. The number of nitrogens with one attached hydrogen (secondary N) is 1. The number of amides is 2. The molecule has 0 bridgehead atoms. The summed E-state index contributed by atoms with van der Waals surface area (Å²) in [6.45, 7) is 4.74. The van der Waals surface area contributed by atoms with Crippen LogP contribution in [0.2, 0.25) is 10.0 Å². The van der Waals surface area contributed by atoms with Crippen molar-refractivity contribution < 1.29 is 14.3 Å². The number of carbonyl (C=O) groups excluding carboxylic acids is 2. The molecule has 36 heavy (non-hydrogen) atoms. The Morgan fingerprint density at radius 1 is 0.889 bits per heavy atom. The molecule has 0 unspecified atom stereocenters. The Balaban J connectivity index is 1.88. The summed E-state index contributed by atoms with van der Waals surface area (Å²) in [6.07, 6.45) is 1.23. The molecule has 3 rings (SSSR count). The van der Waals surface area contributed by atoms with Gasteiger partial charge in [-0.15, -0.1) is 0 Å². The number of nitrogens with zero attached hydrogens (tertiary/aromatic N) is 1. The van der Waals surface area contributed by atoms with Gasteiger partial charge in [0.2, 0.25) is 5.91 Å². The molecule has 7 heteroatoms. The van der Waals surface area contributed by atoms with E-state index in [9.17, 15) is 9.59 Å². The maximum absolute atomic E-state index is 13.6. The standard InChI is InChI=1S/C29H32Cl2N2O3/c1-21(2)16-17-32-29(35)26(18-22-8-4-3-5-9-22)33(19-23-12-14-24(30)15-13-23)28(34)20-36-27-11-7-6-10-25(27)31/h3-15,21,26H,16-20H2,1-2H3,(H,32,35)/t26-/m0/s1. The first kappa shape index (κ1) is 27.6. The van der Waals surface area contributed by atoms with Crippen molar-refractivity contribution in [2.45, 2.75) is 39.3 Å². The third-order valence-electron chi connectivity index (χ3n) is 5.75. The van der Waals surface area contributed by atoms with Crippen LogP contribution in [0.15, 0.2) is 78.9 Å². The molecule has 0 aromatic heterocycles. The van der Waals surface area contributed by atoms with Gasteiger partial charge in [0.15, 0.2) is 6.61 Å². The van der Waals surface area contributed by atoms with Crippen molar-refractivity contribution in [3.8, 4) is 5.75 Å². The molecule has 5 nitrogen and oxygen atoms in total. The summed E-state index contributed by atoms with van der Waals surface area (Å²) in [5, 5.41) is 4.05. The van der Waals surface area contributed by atoms with Crippen LogP contribution in [0, 0.1) is 5.92 Å². The van der Waals surface area contributed by atoms with Gasteiger partial charge in [0.25, 0.3) is 5.91 Å². The largest absolute Gasteiger partial charge is 0.482 e. The maximum atomic E-state index is 13.6. The van der Waals surface area contributed by atoms with Crippen LogP contribution in [0.25, 0.3) is 0 Å². The van der Waals surface area contributed by atoms with Crippen LogP contribution in [0.5, 0.6) is 5.75 Å². The highest BCUT2D eigenvalue weighted by molar-refractivity contribution is 6.32. The number of halogens is 2. The Hall–Kier alpha value is -3.02. The number of carbonyl (C=O) groups is 2. The van der Waals surface area contributed by atoms with Crippen molar-refractivity contribution in [2.24, 2.45) is 5.92 Å². The first-order valence-electron chi connectivity index (χ1n) is 12.1. The minimum atomic E-state index is -0.724. The van der Waals surface area contributed by atoms with Gasteiger partial charge < -0.3 is 15.0 Å². The Morgan fingerprint density at radius 2 is 1.56 bits per heavy atom. The van der Waals surface area contributed by atoms with E-state index in [0.717, 1.165) is 17.5 Å². The van der Waals surface area contributed by atoms with Crippen LogP contribution >= 0.6 is 23.2 Å². The highest BCUT2D eigenvalue weighted by Crippen LogP contribution is 2.24. The molecule has 3 aromatic rings. The van der Waals surface area contributed by atoms with Gasteiger partial charge >= 0.3 is 0 Å². The van der Waals surface area contributed by atoms with E-state index in [1.54, 1.807) is 41.3 Å². The summed E-state index contributed by atoms with van der Waals surface area (Å²) in [5.41, 5.74) is 1.82. The van der Waals surface area contributed by atoms with E-state index in [1.807, 2.05) is 42.5 Å². The predicted octanol–water partition coefficient (Wildman–Crippen LogP) is 6.17. The molecule has 2 amide bonds. The van der Waals surface area contributed by atoms with E-state index < -0.39 is 6.04 Å². The van der Waals surface area contributed by atoms with Crippen LogP contribution in [-0.2, 0) is 22.6 Å². The SMILES string of the molecule is CC(C)CCNC(=O)[C@H](Cc1ccccc1)N(Cc1ccc(Cl)cc1)C(=O)COc1ccccc1Cl. The summed E-state index contributed by atoms with van der Waals surface area (Å²) in [7, 11) is 0. The molecule has 0 fully saturated rings. The van der Waals surface area contributed by atoms with Crippen LogP contribution in [-0.4, -0.2) is 35.9 Å². The van der Waals surface area contributed by atoms with Crippen molar-refractivity contribution in [1.29, 1.82) is 0 Å². The van der Waals surface area contributed by atoms with E-state index in [1.165, 1.54) is 0 Å². The van der Waals surface area contributed by atoms with Crippen LogP contribution in [0.3, 0.4) is 0 Å². The molecule has 0 spiro atoms. The zero-order valence-electron chi connectivity index (χ0n) is 20.6. The number of para-hydroxylation sites is 1. The van der Waals surface area contributed by atoms with Crippen molar-refractivity contribution in [2.75, 3.05) is 13.2 Å². The van der Waals surface area contributed by atoms with Crippen molar-refractivity contribution in [3.63, 3.8) is 0 Å². The first-order chi connectivity index (χ1) is 17.3. The van der Waals surface area contributed by atoms with Gasteiger partial charge in [-0.3, -0.25) is 9.59 Å². The zero-order valence-corrected chi connectivity index (χ0v) is 22.1. The lowest BCUT2D eigenvalue weighted by Crippen LogP contribution is -2.52. The van der Waals surface area contributed by atoms with Crippen LogP contribution in [0.1, 0.15) is 31.4 Å². The van der Waals surface area contributed by atoms with E-state index in [4.69, 9.17) is 27.9 Å². The molecule has 3 aromatic carbocycles. The summed E-state index contributed by atoms with van der Waals surface area (Å²) in [4.78, 5) is 28.6. The minimum Gasteiger partial charge on any atom is -0.482 e. The van der Waals surface area contributed by atoms with Gasteiger partial charge in [-0.25, -0.2) is 0 Å². The lowest BCUT2D eigenvalue weighted by atomic mass is 10.0. The summed E-state index contributed by atoms with van der Waals surface area (Å²) in [6, 6.07) is 23.2. The molecule has 0 aliphatic rings. The molecule has 190 valence electrons. The van der Waals surface area contributed by atoms with E-state index >= 15 is 0 Å². The van der Waals surface area contributed by atoms with Gasteiger partial charge in [0.1, 0.15) is 11.8 Å². The molecular weight excluding hydrogens is 495 g/mol. The molecule has 0 saturated carbocycles. The Morgan fingerprint density at radius 3 is 2.22 bits per heavy atom. The first-order valence-corrected chi connectivity index (χ1v) is 12.8. The lowest BCUT2D eigenvalue weighted by Gasteiger charge is -2.31. The van der Waals surface area contributed by atoms with Crippen molar-refractivity contribution >= 4 is 35.0 Å². The summed E-state index contributed by atoms with van der Waals surface area (Å²) in [5.74, 6) is 0.359. The quantitative estimate of drug-likeness (QED) is 0.306. The molecule has 0 aliphatic heterocycles. The average Bonchev–Trinajstić information content (AvgIpc) is 2.87. The maximum Gasteiger partial charge on any atom is 0.261 e. The highest BCUT2D eigenvalue weighted by Gasteiger charge is 2.30. The number of ether oxygens (including phenoxy) is 1. The second kappa shape index (κ2) is 13.9. The highest BCUT2D eigenvalue weighted by atomic mass is 35.5. The van der Waals surface area contributed by atoms with Gasteiger partial charge in [0.05, 0.1) is 5.02 Å². The fourth-order valence-corrected chi connectivity index (χ4v) is 4.04. The number of rotatable bonds is 12. The molecule has 1 N–H and O–H groups in total. The third-order valence-corrected chi connectivity index (χ3v) is 6.31. The Kier molecular flexibility index (Phi) is 10.6. The predicted molar refractivity (Wildman–Crippen MR) is 145 cm³/mol. The number of hydrogen-bond acceptors (Lipinski definition) is 3. The van der Waals surface area contributed by atoms with Crippen molar-refractivity contribution in [3.05, 3.63) is 100 Å². The lowest BCUT2D eigenvalue weighted by molar-refractivity contribution is -0.142. The van der Waals surface area contributed by atoms with Gasteiger partial charge in [-0.2, -0.15) is 0 Å². The van der Waals surface area contributed by atoms with Crippen molar-refractivity contribution in [1.82, 2.24) is 10.2 Å². The topological polar surface area (TPSA) is 58.6 Å². The van der Waals surface area contributed by atoms with Crippen LogP contribution in [0.4, 0.5) is 0 Å². The normalized spacial score (nSPS) is 11.7. The zero-order chi connectivity index (χ0) is 25.9. The second-order valence-corrected chi connectivity index (χ2v) is 9.89. The molecule has 0 radical (unpaired) electrons. The summed E-state index contributed by atoms with van der Waals surface area (Å²) >= 11 is 12.3. The molecular formula is C29H32Cl2N2O3. The monoisotopic (exact) mass is 526 g/mol. The third kappa shape index (κ3) is 8.58. The fourth-order valence-electron chi connectivity index (χ4n) is 3.73. The fraction of sp³-hybridized carbons (Fsp3) is 0.310. The van der Waals surface area contributed by atoms with E-state index in [0.29, 0.717) is 34.7 Å². The smallest absolute Gasteiger partial charge is 0.261 e. The van der Waals surface area contributed by atoms with E-state index in [2.05, 4.69) is 19.2 Å². The Labute approximate surface area is 223 Å². The van der Waals surface area contributed by atoms with Gasteiger partial charge in [-0.05, 0) is 47.7 Å². The second-order valence-electron chi connectivity index (χ2n) is 9.05. The molecule has 0 saturated heterocycles. The van der Waals surface area contributed by atoms with Gasteiger partial charge in [0, 0.05) is 24.5 Å². The van der Waals surface area contributed by atoms with Gasteiger partial charge in [-0.1, -0.05) is 91.6 Å². The molecule has 0 aliphatic carbocycles. The molecule has 0 heterocycles. The molecule has 1 atom stereocenters. The number of benzene rings is 3. The summed E-state index contributed by atoms with van der Waals surface area (Å²) < 4.78 is 5.75. The minimum absolute atomic E-state index is 0.195. The van der Waals surface area contributed by atoms with E-state index in [-0.39, 0.29) is 25.0 Å². The number of hydrogen-bond donors (Lipinski definition) is 1. The Bertz CT molecular complexity index is 1120. The van der Waals surface area contributed by atoms with Crippen LogP contribution < -0.4 is 10.1 Å².